The monoisotopic (exact) mass is 362 g/mol. The summed E-state index contributed by atoms with van der Waals surface area (Å²) < 4.78 is 0. The lowest BCUT2D eigenvalue weighted by Gasteiger charge is -2.16. The molecule has 148 valence electrons. The molecule has 2 N–H and O–H groups in total. The number of aromatic hydroxyl groups is 1. The van der Waals surface area contributed by atoms with Gasteiger partial charge in [-0.3, -0.25) is 4.79 Å². The molecule has 1 amide bonds. The fourth-order valence-corrected chi connectivity index (χ4v) is 3.04. The highest BCUT2D eigenvalue weighted by atomic mass is 16.3. The van der Waals surface area contributed by atoms with Gasteiger partial charge in [0.25, 0.3) is 0 Å². The van der Waals surface area contributed by atoms with Crippen molar-refractivity contribution in [3.63, 3.8) is 0 Å². The lowest BCUT2D eigenvalue weighted by atomic mass is 10.1. The zero-order chi connectivity index (χ0) is 19.0. The van der Waals surface area contributed by atoms with Crippen LogP contribution in [0, 0.1) is 0 Å². The van der Waals surface area contributed by atoms with Crippen LogP contribution in [0.25, 0.3) is 0 Å². The summed E-state index contributed by atoms with van der Waals surface area (Å²) in [5.74, 6) is 0.424. The van der Waals surface area contributed by atoms with E-state index < -0.39 is 0 Å². The number of amides is 1. The van der Waals surface area contributed by atoms with Crippen molar-refractivity contribution in [1.29, 1.82) is 0 Å². The van der Waals surface area contributed by atoms with Gasteiger partial charge in [-0.25, -0.2) is 0 Å². The maximum atomic E-state index is 11.9. The molecule has 0 aliphatic carbocycles. The van der Waals surface area contributed by atoms with Gasteiger partial charge in [0.1, 0.15) is 5.75 Å². The third-order valence-electron chi connectivity index (χ3n) is 4.76. The van der Waals surface area contributed by atoms with Gasteiger partial charge < -0.3 is 15.3 Å². The molecule has 1 aromatic rings. The Kier molecular flexibility index (Phi) is 12.6. The van der Waals surface area contributed by atoms with Crippen LogP contribution in [-0.4, -0.2) is 42.6 Å². The maximum Gasteiger partial charge on any atom is 0.220 e. The van der Waals surface area contributed by atoms with E-state index in [1.165, 1.54) is 45.1 Å². The van der Waals surface area contributed by atoms with Crippen LogP contribution in [0.2, 0.25) is 0 Å². The van der Waals surface area contributed by atoms with Crippen LogP contribution in [0.4, 0.5) is 0 Å². The highest BCUT2D eigenvalue weighted by molar-refractivity contribution is 5.75. The zero-order valence-corrected chi connectivity index (χ0v) is 16.8. The molecule has 1 rings (SSSR count). The minimum atomic E-state index is 0.146. The number of hydrogen-bond donors (Lipinski definition) is 2. The topological polar surface area (TPSA) is 52.6 Å². The van der Waals surface area contributed by atoms with Crippen molar-refractivity contribution in [2.24, 2.45) is 0 Å². The van der Waals surface area contributed by atoms with E-state index in [4.69, 9.17) is 0 Å². The predicted octanol–water partition coefficient (Wildman–Crippen LogP) is 4.51. The lowest BCUT2D eigenvalue weighted by molar-refractivity contribution is -0.121. The summed E-state index contributed by atoms with van der Waals surface area (Å²) in [6, 6.07) is 7.14. The summed E-state index contributed by atoms with van der Waals surface area (Å²) in [5.41, 5.74) is 1.13. The normalized spacial score (nSPS) is 11.0. The Bertz CT molecular complexity index is 474. The molecular formula is C22H38N2O2. The van der Waals surface area contributed by atoms with E-state index in [1.807, 2.05) is 12.1 Å². The minimum Gasteiger partial charge on any atom is -0.508 e. The number of unbranched alkanes of at least 4 members (excludes halogenated alkanes) is 6. The highest BCUT2D eigenvalue weighted by Crippen LogP contribution is 2.09. The van der Waals surface area contributed by atoms with Crippen molar-refractivity contribution in [1.82, 2.24) is 10.2 Å². The van der Waals surface area contributed by atoms with Crippen LogP contribution in [0.3, 0.4) is 0 Å². The Hall–Kier alpha value is -1.55. The van der Waals surface area contributed by atoms with Crippen LogP contribution in [0.5, 0.6) is 5.75 Å². The molecule has 0 unspecified atom stereocenters. The highest BCUT2D eigenvalue weighted by Gasteiger charge is 2.02. The zero-order valence-electron chi connectivity index (χ0n) is 16.8. The van der Waals surface area contributed by atoms with E-state index in [1.54, 1.807) is 12.1 Å². The van der Waals surface area contributed by atoms with Crippen LogP contribution in [-0.2, 0) is 11.2 Å². The van der Waals surface area contributed by atoms with Gasteiger partial charge in [0.15, 0.2) is 0 Å². The second kappa shape index (κ2) is 14.6. The Morgan fingerprint density at radius 3 is 2.23 bits per heavy atom. The van der Waals surface area contributed by atoms with E-state index in [0.717, 1.165) is 31.4 Å². The number of phenols is 1. The average molecular weight is 363 g/mol. The second-order valence-corrected chi connectivity index (χ2v) is 7.29. The molecule has 0 aliphatic heterocycles. The molecule has 0 saturated heterocycles. The number of phenolic OH excluding ortho intramolecular Hbond substituents is 1. The fourth-order valence-electron chi connectivity index (χ4n) is 3.04. The third kappa shape index (κ3) is 11.9. The van der Waals surface area contributed by atoms with Crippen molar-refractivity contribution in [3.8, 4) is 5.75 Å². The van der Waals surface area contributed by atoms with Crippen LogP contribution in [0.15, 0.2) is 24.3 Å². The Morgan fingerprint density at radius 1 is 0.962 bits per heavy atom. The minimum absolute atomic E-state index is 0.146. The molecule has 0 heterocycles. The average Bonchev–Trinajstić information content (AvgIpc) is 2.63. The molecule has 0 aromatic heterocycles. The molecule has 1 aromatic carbocycles. The van der Waals surface area contributed by atoms with E-state index in [2.05, 4.69) is 24.2 Å². The van der Waals surface area contributed by atoms with Gasteiger partial charge in [-0.2, -0.15) is 0 Å². The molecular weight excluding hydrogens is 324 g/mol. The molecule has 0 aliphatic rings. The number of carbonyl (C=O) groups excluding carboxylic acids is 1. The summed E-state index contributed by atoms with van der Waals surface area (Å²) in [6.45, 7) is 5.24. The smallest absolute Gasteiger partial charge is 0.220 e. The van der Waals surface area contributed by atoms with Gasteiger partial charge in [0.2, 0.25) is 5.91 Å². The van der Waals surface area contributed by atoms with Crippen molar-refractivity contribution in [2.45, 2.75) is 71.1 Å². The summed E-state index contributed by atoms with van der Waals surface area (Å²) in [7, 11) is 2.20. The molecule has 4 nitrogen and oxygen atoms in total. The fraction of sp³-hybridized carbons (Fsp3) is 0.682. The van der Waals surface area contributed by atoms with Crippen molar-refractivity contribution in [2.75, 3.05) is 26.7 Å². The van der Waals surface area contributed by atoms with Crippen LogP contribution in [0.1, 0.15) is 70.3 Å². The first-order valence-corrected chi connectivity index (χ1v) is 10.3. The van der Waals surface area contributed by atoms with E-state index in [-0.39, 0.29) is 11.7 Å². The van der Waals surface area contributed by atoms with Gasteiger partial charge in [-0.1, -0.05) is 51.2 Å². The Balaban J connectivity index is 1.93. The lowest BCUT2D eigenvalue weighted by Crippen LogP contribution is -2.25. The number of benzene rings is 1. The summed E-state index contributed by atoms with van der Waals surface area (Å²) in [5, 5.41) is 12.2. The SMILES string of the molecule is CCCCCCCN(C)CCCCCC(=O)NCCc1ccc(O)cc1. The van der Waals surface area contributed by atoms with Gasteiger partial charge in [-0.05, 0) is 63.5 Å². The quantitative estimate of drug-likeness (QED) is 0.451. The Morgan fingerprint density at radius 2 is 1.58 bits per heavy atom. The number of hydrogen-bond acceptors (Lipinski definition) is 3. The first-order chi connectivity index (χ1) is 12.6. The second-order valence-electron chi connectivity index (χ2n) is 7.29. The van der Waals surface area contributed by atoms with Crippen molar-refractivity contribution in [3.05, 3.63) is 29.8 Å². The van der Waals surface area contributed by atoms with Gasteiger partial charge in [-0.15, -0.1) is 0 Å². The van der Waals surface area contributed by atoms with Gasteiger partial charge >= 0.3 is 0 Å². The molecule has 0 fully saturated rings. The van der Waals surface area contributed by atoms with E-state index >= 15 is 0 Å². The van der Waals surface area contributed by atoms with E-state index in [0.29, 0.717) is 13.0 Å². The number of nitrogens with one attached hydrogen (secondary N) is 1. The van der Waals surface area contributed by atoms with Crippen molar-refractivity contribution >= 4 is 5.91 Å². The number of carbonyl (C=O) groups is 1. The van der Waals surface area contributed by atoms with Gasteiger partial charge in [0, 0.05) is 13.0 Å². The summed E-state index contributed by atoms with van der Waals surface area (Å²) in [4.78, 5) is 14.3. The number of nitrogens with zero attached hydrogens (tertiary/aromatic N) is 1. The van der Waals surface area contributed by atoms with E-state index in [9.17, 15) is 9.90 Å². The standard InChI is InChI=1S/C22H38N2O2/c1-3-4-5-6-9-18-24(2)19-10-7-8-11-22(26)23-17-16-20-12-14-21(25)15-13-20/h12-15,25H,3-11,16-19H2,1-2H3,(H,23,26). The first-order valence-electron chi connectivity index (χ1n) is 10.3. The van der Waals surface area contributed by atoms with Gasteiger partial charge in [0.05, 0.1) is 0 Å². The first kappa shape index (κ1) is 22.5. The molecule has 26 heavy (non-hydrogen) atoms. The summed E-state index contributed by atoms with van der Waals surface area (Å²) >= 11 is 0. The molecule has 0 radical (unpaired) electrons. The molecule has 4 heteroatoms. The largest absolute Gasteiger partial charge is 0.508 e. The predicted molar refractivity (Wildman–Crippen MR) is 110 cm³/mol. The van der Waals surface area contributed by atoms with Crippen LogP contribution < -0.4 is 5.32 Å². The molecule has 0 saturated carbocycles. The molecule has 0 bridgehead atoms. The molecule has 0 spiro atoms. The third-order valence-corrected chi connectivity index (χ3v) is 4.76. The van der Waals surface area contributed by atoms with Crippen molar-refractivity contribution < 1.29 is 9.90 Å². The maximum absolute atomic E-state index is 11.9. The number of rotatable bonds is 15. The Labute approximate surface area is 160 Å². The van der Waals surface area contributed by atoms with Crippen LogP contribution >= 0.6 is 0 Å². The molecule has 0 atom stereocenters. The summed E-state index contributed by atoms with van der Waals surface area (Å²) in [6.07, 6.45) is 11.4.